The van der Waals surface area contributed by atoms with Crippen LogP contribution in [-0.4, -0.2) is 60.4 Å². The first-order valence-electron chi connectivity index (χ1n) is 9.18. The normalized spacial score (nSPS) is 11.8. The van der Waals surface area contributed by atoms with E-state index in [1.165, 1.54) is 24.3 Å². The van der Waals surface area contributed by atoms with Crippen LogP contribution in [0.15, 0.2) is 62.2 Å². The zero-order chi connectivity index (χ0) is 24.1. The lowest BCUT2D eigenvalue weighted by atomic mass is 10.1. The van der Waals surface area contributed by atoms with Crippen molar-refractivity contribution in [1.82, 2.24) is 0 Å². The Bertz CT molecular complexity index is 902. The number of carbonyl (C=O) groups excluding carboxylic acids is 4. The Morgan fingerprint density at radius 1 is 0.812 bits per heavy atom. The third-order valence-electron chi connectivity index (χ3n) is 3.85. The molecule has 2 atom stereocenters. The fourth-order valence-corrected chi connectivity index (χ4v) is 2.35. The number of carbonyl (C=O) groups is 5. The maximum absolute atomic E-state index is 12.3. The van der Waals surface area contributed by atoms with Crippen molar-refractivity contribution in [3.63, 3.8) is 0 Å². The van der Waals surface area contributed by atoms with Crippen molar-refractivity contribution >= 4 is 29.8 Å². The van der Waals surface area contributed by atoms with Gasteiger partial charge in [0.1, 0.15) is 12.7 Å². The molecule has 0 fully saturated rings. The van der Waals surface area contributed by atoms with Crippen molar-refractivity contribution in [3.8, 4) is 0 Å². The number of esters is 4. The molecule has 0 aromatic heterocycles. The molecule has 32 heavy (non-hydrogen) atoms. The summed E-state index contributed by atoms with van der Waals surface area (Å²) >= 11 is 0. The molecule has 0 spiro atoms. The van der Waals surface area contributed by atoms with Gasteiger partial charge in [-0.3, -0.25) is 0 Å². The Morgan fingerprint density at radius 2 is 1.34 bits per heavy atom. The van der Waals surface area contributed by atoms with Crippen LogP contribution in [0.3, 0.4) is 0 Å². The van der Waals surface area contributed by atoms with Crippen LogP contribution in [0.5, 0.6) is 0 Å². The molecule has 1 aromatic carbocycles. The van der Waals surface area contributed by atoms with Gasteiger partial charge in [-0.25, -0.2) is 24.0 Å². The van der Waals surface area contributed by atoms with Gasteiger partial charge in [-0.15, -0.1) is 0 Å². The number of hydrogen-bond donors (Lipinski definition) is 1. The second-order valence-electron chi connectivity index (χ2n) is 5.97. The average Bonchev–Trinajstić information content (AvgIpc) is 2.80. The van der Waals surface area contributed by atoms with Gasteiger partial charge in [0.25, 0.3) is 0 Å². The molecule has 170 valence electrons. The van der Waals surface area contributed by atoms with Crippen LogP contribution in [0.25, 0.3) is 0 Å². The van der Waals surface area contributed by atoms with Gasteiger partial charge >= 0.3 is 29.8 Å². The molecule has 1 aromatic rings. The summed E-state index contributed by atoms with van der Waals surface area (Å²) in [4.78, 5) is 58.3. The van der Waals surface area contributed by atoms with E-state index in [1.807, 2.05) is 0 Å². The Hall–Kier alpha value is -4.21. The monoisotopic (exact) mass is 446 g/mol. The highest BCUT2D eigenvalue weighted by atomic mass is 16.6. The lowest BCUT2D eigenvalue weighted by Gasteiger charge is -2.26. The van der Waals surface area contributed by atoms with Crippen LogP contribution < -0.4 is 0 Å². The lowest BCUT2D eigenvalue weighted by Crippen LogP contribution is -2.39. The van der Waals surface area contributed by atoms with E-state index in [0.29, 0.717) is 0 Å². The molecule has 1 rings (SSSR count). The molecule has 0 amide bonds. The smallest absolute Gasteiger partial charge is 0.339 e. The van der Waals surface area contributed by atoms with Gasteiger partial charge in [0, 0.05) is 24.6 Å². The Morgan fingerprint density at radius 3 is 1.88 bits per heavy atom. The van der Waals surface area contributed by atoms with E-state index in [-0.39, 0.29) is 24.2 Å². The Kier molecular flexibility index (Phi) is 10.6. The molecular weight excluding hydrogens is 424 g/mol. The van der Waals surface area contributed by atoms with Gasteiger partial charge in [0.15, 0.2) is 6.10 Å². The summed E-state index contributed by atoms with van der Waals surface area (Å²) in [6.45, 7) is 8.94. The van der Waals surface area contributed by atoms with E-state index in [2.05, 4.69) is 19.7 Å². The zero-order valence-corrected chi connectivity index (χ0v) is 17.1. The topological polar surface area (TPSA) is 142 Å². The van der Waals surface area contributed by atoms with E-state index >= 15 is 0 Å². The fraction of sp³-hybridized carbons (Fsp3) is 0.227. The second-order valence-corrected chi connectivity index (χ2v) is 5.97. The van der Waals surface area contributed by atoms with Crippen LogP contribution in [0.1, 0.15) is 27.1 Å². The summed E-state index contributed by atoms with van der Waals surface area (Å²) in [6, 6.07) is 5.45. The summed E-state index contributed by atoms with van der Waals surface area (Å²) in [6.07, 6.45) is -0.0371. The van der Waals surface area contributed by atoms with Crippen LogP contribution in [0, 0.1) is 0 Å². The number of carboxylic acid groups (broad SMARTS) is 1. The SMILES string of the molecule is C=CC(=O)OCC(OC(=O)C=C)C(CCOC(=O)c1ccccc1C(=O)O)OC(=O)C=C. The highest BCUT2D eigenvalue weighted by Crippen LogP contribution is 2.14. The van der Waals surface area contributed by atoms with Crippen molar-refractivity contribution in [1.29, 1.82) is 0 Å². The zero-order valence-electron chi connectivity index (χ0n) is 17.1. The molecule has 10 nitrogen and oxygen atoms in total. The van der Waals surface area contributed by atoms with Crippen LogP contribution in [0.2, 0.25) is 0 Å². The standard InChI is InChI=1S/C22H22O10/c1-4-18(23)30-13-17(32-20(25)6-3)16(31-19(24)5-2)11-12-29-22(28)15-10-8-7-9-14(15)21(26)27/h4-10,16-17H,1-3,11-13H2,(H,26,27). The number of benzene rings is 1. The van der Waals surface area contributed by atoms with Crippen molar-refractivity contribution in [2.24, 2.45) is 0 Å². The molecule has 0 heterocycles. The molecule has 0 bridgehead atoms. The third-order valence-corrected chi connectivity index (χ3v) is 3.85. The summed E-state index contributed by atoms with van der Waals surface area (Å²) in [5.41, 5.74) is -0.421. The summed E-state index contributed by atoms with van der Waals surface area (Å²) < 4.78 is 20.2. The summed E-state index contributed by atoms with van der Waals surface area (Å²) in [5.74, 6) is -4.79. The summed E-state index contributed by atoms with van der Waals surface area (Å²) in [5, 5.41) is 9.18. The number of aromatic carboxylic acids is 1. The van der Waals surface area contributed by atoms with E-state index in [4.69, 9.17) is 18.9 Å². The molecule has 0 saturated heterocycles. The highest BCUT2D eigenvalue weighted by Gasteiger charge is 2.30. The van der Waals surface area contributed by atoms with Crippen molar-refractivity contribution in [2.45, 2.75) is 18.6 Å². The molecule has 0 saturated carbocycles. The van der Waals surface area contributed by atoms with Crippen LogP contribution in [0.4, 0.5) is 0 Å². The molecule has 0 aliphatic heterocycles. The number of ether oxygens (including phenoxy) is 4. The minimum absolute atomic E-state index is 0.172. The van der Waals surface area contributed by atoms with Gasteiger partial charge < -0.3 is 24.1 Å². The largest absolute Gasteiger partial charge is 0.478 e. The van der Waals surface area contributed by atoms with Gasteiger partial charge in [-0.1, -0.05) is 31.9 Å². The molecule has 1 N–H and O–H groups in total. The average molecular weight is 446 g/mol. The first-order chi connectivity index (χ1) is 15.2. The van der Waals surface area contributed by atoms with Crippen molar-refractivity contribution in [2.75, 3.05) is 13.2 Å². The first-order valence-corrected chi connectivity index (χ1v) is 9.18. The molecular formula is C22H22O10. The third kappa shape index (κ3) is 8.27. The van der Waals surface area contributed by atoms with E-state index in [0.717, 1.165) is 18.2 Å². The maximum Gasteiger partial charge on any atom is 0.339 e. The van der Waals surface area contributed by atoms with Gasteiger partial charge in [-0.2, -0.15) is 0 Å². The fourth-order valence-electron chi connectivity index (χ4n) is 2.35. The molecule has 10 heteroatoms. The predicted molar refractivity (Wildman–Crippen MR) is 110 cm³/mol. The Labute approximate surface area is 183 Å². The molecule has 2 unspecified atom stereocenters. The predicted octanol–water partition coefficient (Wildman–Crippen LogP) is 1.86. The van der Waals surface area contributed by atoms with Gasteiger partial charge in [0.05, 0.1) is 17.7 Å². The first kappa shape index (κ1) is 25.8. The minimum atomic E-state index is -1.31. The van der Waals surface area contributed by atoms with E-state index in [9.17, 15) is 29.1 Å². The maximum atomic E-state index is 12.3. The van der Waals surface area contributed by atoms with Crippen LogP contribution in [-0.2, 0) is 33.3 Å². The highest BCUT2D eigenvalue weighted by molar-refractivity contribution is 6.02. The molecule has 0 aliphatic carbocycles. The summed E-state index contributed by atoms with van der Waals surface area (Å²) in [7, 11) is 0. The second kappa shape index (κ2) is 13.2. The van der Waals surface area contributed by atoms with Crippen LogP contribution >= 0.6 is 0 Å². The number of hydrogen-bond acceptors (Lipinski definition) is 9. The lowest BCUT2D eigenvalue weighted by molar-refractivity contribution is -0.170. The van der Waals surface area contributed by atoms with Gasteiger partial charge in [0.2, 0.25) is 0 Å². The Balaban J connectivity index is 2.95. The van der Waals surface area contributed by atoms with Crippen molar-refractivity contribution in [3.05, 3.63) is 73.4 Å². The molecule has 0 aliphatic rings. The van der Waals surface area contributed by atoms with E-state index in [1.54, 1.807) is 0 Å². The minimum Gasteiger partial charge on any atom is -0.478 e. The van der Waals surface area contributed by atoms with E-state index < -0.39 is 48.7 Å². The quantitative estimate of drug-likeness (QED) is 0.271. The number of rotatable bonds is 13. The molecule has 0 radical (unpaired) electrons. The number of carboxylic acids is 1. The van der Waals surface area contributed by atoms with Gasteiger partial charge in [-0.05, 0) is 12.1 Å². The van der Waals surface area contributed by atoms with Crippen molar-refractivity contribution < 1.29 is 48.0 Å².